The minimum atomic E-state index is -5.71. The molecule has 0 aliphatic rings. The Balaban J connectivity index is 4.34. The quantitative estimate of drug-likeness (QED) is 0.629. The van der Waals surface area contributed by atoms with Gasteiger partial charge in [-0.15, -0.1) is 0 Å². The summed E-state index contributed by atoms with van der Waals surface area (Å²) < 4.78 is 57.2. The van der Waals surface area contributed by atoms with Gasteiger partial charge < -0.3 is 5.73 Å². The summed E-state index contributed by atoms with van der Waals surface area (Å²) in [6, 6.07) is 0. The van der Waals surface area contributed by atoms with Crippen LogP contribution in [0, 0.1) is 0 Å². The molecule has 0 fully saturated rings. The summed E-state index contributed by atoms with van der Waals surface area (Å²) >= 11 is 0. The molecule has 0 saturated heterocycles. The number of carbonyl (C=O) groups excluding carboxylic acids is 1. The number of hydrogen-bond donors (Lipinski definition) is 1. The van der Waals surface area contributed by atoms with Crippen molar-refractivity contribution in [3.8, 4) is 0 Å². The lowest BCUT2D eigenvalue weighted by Crippen LogP contribution is -2.40. The second-order valence-electron chi connectivity index (χ2n) is 1.85. The highest BCUT2D eigenvalue weighted by Crippen LogP contribution is 2.37. The van der Waals surface area contributed by atoms with Crippen molar-refractivity contribution in [2.75, 3.05) is 0 Å². The number of alkyl halides is 5. The van der Waals surface area contributed by atoms with E-state index in [1.54, 1.807) is 0 Å². The van der Waals surface area contributed by atoms with Crippen LogP contribution in [-0.2, 0) is 4.79 Å². The zero-order valence-electron chi connectivity index (χ0n) is 5.08. The third kappa shape index (κ3) is 2.69. The van der Waals surface area contributed by atoms with Gasteiger partial charge >= 0.3 is 12.1 Å². The Morgan fingerprint density at radius 2 is 1.55 bits per heavy atom. The largest absolute Gasteiger partial charge is 0.453 e. The Kier molecular flexibility index (Phi) is 2.42. The Hall–Kier alpha value is -0.880. The van der Waals surface area contributed by atoms with E-state index in [9.17, 15) is 26.7 Å². The molecule has 0 aliphatic heterocycles. The maximum atomic E-state index is 11.8. The van der Waals surface area contributed by atoms with Crippen molar-refractivity contribution in [1.82, 2.24) is 0 Å². The predicted molar refractivity (Wildman–Crippen MR) is 24.8 cm³/mol. The summed E-state index contributed by atoms with van der Waals surface area (Å²) in [4.78, 5) is 9.70. The fourth-order valence-corrected chi connectivity index (χ4v) is 0.319. The minimum Gasteiger partial charge on any atom is -0.369 e. The molecule has 0 saturated carbocycles. The van der Waals surface area contributed by atoms with Crippen LogP contribution in [0.1, 0.15) is 6.42 Å². The summed E-state index contributed by atoms with van der Waals surface area (Å²) in [7, 11) is 0. The Morgan fingerprint density at radius 3 is 1.64 bits per heavy atom. The lowest BCUT2D eigenvalue weighted by molar-refractivity contribution is -0.281. The monoisotopic (exact) mass is 177 g/mol. The van der Waals surface area contributed by atoms with Gasteiger partial charge in [0.15, 0.2) is 0 Å². The van der Waals surface area contributed by atoms with E-state index in [2.05, 4.69) is 5.73 Å². The van der Waals surface area contributed by atoms with E-state index in [4.69, 9.17) is 0 Å². The average Bonchev–Trinajstić information content (AvgIpc) is 1.56. The average molecular weight is 177 g/mol. The molecule has 0 radical (unpaired) electrons. The van der Waals surface area contributed by atoms with Crippen LogP contribution in [0.3, 0.4) is 0 Å². The van der Waals surface area contributed by atoms with Gasteiger partial charge in [0.25, 0.3) is 0 Å². The van der Waals surface area contributed by atoms with E-state index in [1.807, 2.05) is 0 Å². The summed E-state index contributed by atoms with van der Waals surface area (Å²) in [6.45, 7) is 0. The smallest absolute Gasteiger partial charge is 0.369 e. The molecule has 0 unspecified atom stereocenters. The van der Waals surface area contributed by atoms with Crippen molar-refractivity contribution in [2.45, 2.75) is 18.5 Å². The second-order valence-corrected chi connectivity index (χ2v) is 1.85. The highest BCUT2D eigenvalue weighted by molar-refractivity contribution is 5.74. The van der Waals surface area contributed by atoms with Crippen molar-refractivity contribution in [2.24, 2.45) is 5.73 Å². The fourth-order valence-electron chi connectivity index (χ4n) is 0.319. The van der Waals surface area contributed by atoms with Crippen molar-refractivity contribution < 1.29 is 26.7 Å². The van der Waals surface area contributed by atoms with Gasteiger partial charge in [0.05, 0.1) is 6.42 Å². The number of primary amides is 1. The zero-order chi connectivity index (χ0) is 9.28. The molecule has 11 heavy (non-hydrogen) atoms. The maximum absolute atomic E-state index is 11.8. The molecule has 2 N–H and O–H groups in total. The van der Waals surface area contributed by atoms with E-state index in [-0.39, 0.29) is 0 Å². The van der Waals surface area contributed by atoms with Crippen LogP contribution >= 0.6 is 0 Å². The van der Waals surface area contributed by atoms with E-state index >= 15 is 0 Å². The summed E-state index contributed by atoms with van der Waals surface area (Å²) in [5.74, 6) is -6.70. The van der Waals surface area contributed by atoms with Crippen LogP contribution in [0.2, 0.25) is 0 Å². The van der Waals surface area contributed by atoms with E-state index in [1.165, 1.54) is 0 Å². The third-order valence-electron chi connectivity index (χ3n) is 0.811. The molecule has 1 amide bonds. The van der Waals surface area contributed by atoms with Crippen LogP contribution in [0.15, 0.2) is 0 Å². The van der Waals surface area contributed by atoms with E-state index < -0.39 is 24.4 Å². The predicted octanol–water partition coefficient (Wildman–Crippen LogP) is 1.06. The topological polar surface area (TPSA) is 43.1 Å². The van der Waals surface area contributed by atoms with Crippen LogP contribution in [0.25, 0.3) is 0 Å². The van der Waals surface area contributed by atoms with Crippen LogP contribution in [0.5, 0.6) is 0 Å². The van der Waals surface area contributed by atoms with Crippen molar-refractivity contribution in [3.63, 3.8) is 0 Å². The zero-order valence-corrected chi connectivity index (χ0v) is 5.08. The molecule has 0 aliphatic carbocycles. The van der Waals surface area contributed by atoms with Crippen molar-refractivity contribution in [3.05, 3.63) is 0 Å². The number of nitrogens with two attached hydrogens (primary N) is 1. The Bertz CT molecular complexity index is 162. The number of halogens is 5. The molecule has 66 valence electrons. The second kappa shape index (κ2) is 2.63. The first kappa shape index (κ1) is 10.1. The first-order valence-electron chi connectivity index (χ1n) is 2.39. The number of rotatable bonds is 2. The van der Waals surface area contributed by atoms with Gasteiger partial charge in [-0.25, -0.2) is 0 Å². The number of hydrogen-bond acceptors (Lipinski definition) is 1. The van der Waals surface area contributed by atoms with Gasteiger partial charge in [0.2, 0.25) is 5.91 Å². The van der Waals surface area contributed by atoms with Crippen molar-refractivity contribution >= 4 is 5.91 Å². The van der Waals surface area contributed by atoms with Gasteiger partial charge in [-0.3, -0.25) is 4.79 Å². The maximum Gasteiger partial charge on any atom is 0.453 e. The molecule has 7 heteroatoms. The standard InChI is InChI=1S/C4H4F5NO/c5-3(6,1-2(10)11)4(7,8)9/h1H2,(H2,10,11). The van der Waals surface area contributed by atoms with E-state index in [0.29, 0.717) is 0 Å². The Morgan fingerprint density at radius 1 is 1.18 bits per heavy atom. The van der Waals surface area contributed by atoms with Gasteiger partial charge in [-0.05, 0) is 0 Å². The van der Waals surface area contributed by atoms with Crippen molar-refractivity contribution in [1.29, 1.82) is 0 Å². The molecule has 0 spiro atoms. The van der Waals surface area contributed by atoms with Crippen LogP contribution in [0.4, 0.5) is 22.0 Å². The third-order valence-corrected chi connectivity index (χ3v) is 0.811. The normalized spacial score (nSPS) is 13.2. The summed E-state index contributed by atoms with van der Waals surface area (Å²) in [5, 5.41) is 0. The lowest BCUT2D eigenvalue weighted by Gasteiger charge is -2.17. The molecular formula is C4H4F5NO. The molecule has 0 bridgehead atoms. The Labute approximate surface area is 58.2 Å². The number of carbonyl (C=O) groups is 1. The molecular weight excluding hydrogens is 173 g/mol. The van der Waals surface area contributed by atoms with Gasteiger partial charge in [-0.1, -0.05) is 0 Å². The minimum absolute atomic E-state index is 1.69. The summed E-state index contributed by atoms with van der Waals surface area (Å²) in [6.07, 6.45) is -7.71. The van der Waals surface area contributed by atoms with E-state index in [0.717, 1.165) is 0 Å². The van der Waals surface area contributed by atoms with Gasteiger partial charge in [-0.2, -0.15) is 22.0 Å². The van der Waals surface area contributed by atoms with Crippen LogP contribution in [-0.4, -0.2) is 18.0 Å². The van der Waals surface area contributed by atoms with Crippen LogP contribution < -0.4 is 5.73 Å². The SMILES string of the molecule is NC(=O)CC(F)(F)C(F)(F)F. The molecule has 2 nitrogen and oxygen atoms in total. The highest BCUT2D eigenvalue weighted by Gasteiger charge is 2.58. The highest BCUT2D eigenvalue weighted by atomic mass is 19.4. The molecule has 0 aromatic heterocycles. The molecule has 0 aromatic carbocycles. The fraction of sp³-hybridized carbons (Fsp3) is 0.750. The molecule has 0 heterocycles. The molecule has 0 rings (SSSR count). The first-order chi connectivity index (χ1) is 4.67. The summed E-state index contributed by atoms with van der Waals surface area (Å²) in [5.41, 5.74) is 4.16. The lowest BCUT2D eigenvalue weighted by atomic mass is 10.2. The van der Waals surface area contributed by atoms with Gasteiger partial charge in [0.1, 0.15) is 0 Å². The van der Waals surface area contributed by atoms with Gasteiger partial charge in [0, 0.05) is 0 Å². The number of amides is 1. The molecule has 0 atom stereocenters. The molecule has 0 aromatic rings. The first-order valence-corrected chi connectivity index (χ1v) is 2.39.